The SMILES string of the molecule is O=S(=O)(C#Cc1ccccc1C1=CC1)C#Cc1ccccc1C1=CC1. The molecule has 0 aromatic heterocycles. The number of hydrogen-bond acceptors (Lipinski definition) is 2. The van der Waals surface area contributed by atoms with Crippen LogP contribution in [0, 0.1) is 22.3 Å². The van der Waals surface area contributed by atoms with Gasteiger partial charge in [0.1, 0.15) is 0 Å². The van der Waals surface area contributed by atoms with E-state index in [1.54, 1.807) is 0 Å². The van der Waals surface area contributed by atoms with E-state index in [9.17, 15) is 8.42 Å². The van der Waals surface area contributed by atoms with E-state index in [-0.39, 0.29) is 0 Å². The topological polar surface area (TPSA) is 34.1 Å². The van der Waals surface area contributed by atoms with E-state index in [0.717, 1.165) is 35.1 Å². The van der Waals surface area contributed by atoms with Gasteiger partial charge in [0.25, 0.3) is 9.84 Å². The van der Waals surface area contributed by atoms with Gasteiger partial charge in [0.15, 0.2) is 0 Å². The van der Waals surface area contributed by atoms with E-state index >= 15 is 0 Å². The van der Waals surface area contributed by atoms with Gasteiger partial charge in [0, 0.05) is 21.6 Å². The molecule has 0 amide bonds. The maximum absolute atomic E-state index is 12.2. The van der Waals surface area contributed by atoms with Crippen molar-refractivity contribution in [1.82, 2.24) is 0 Å². The Labute approximate surface area is 147 Å². The monoisotopic (exact) mass is 342 g/mol. The van der Waals surface area contributed by atoms with Crippen LogP contribution < -0.4 is 0 Å². The van der Waals surface area contributed by atoms with Crippen LogP contribution in [0.15, 0.2) is 60.7 Å². The van der Waals surface area contributed by atoms with Crippen molar-refractivity contribution < 1.29 is 8.42 Å². The largest absolute Gasteiger partial charge is 0.284 e. The van der Waals surface area contributed by atoms with Crippen LogP contribution in [-0.4, -0.2) is 8.42 Å². The molecule has 2 aliphatic rings. The molecule has 0 aliphatic heterocycles. The van der Waals surface area contributed by atoms with E-state index in [0.29, 0.717) is 0 Å². The van der Waals surface area contributed by atoms with Crippen LogP contribution in [0.25, 0.3) is 11.1 Å². The molecule has 2 aromatic rings. The van der Waals surface area contributed by atoms with Gasteiger partial charge >= 0.3 is 0 Å². The van der Waals surface area contributed by atoms with Crippen molar-refractivity contribution in [3.05, 3.63) is 82.9 Å². The molecule has 0 fully saturated rings. The Hall–Kier alpha value is -3.01. The lowest BCUT2D eigenvalue weighted by molar-refractivity contribution is 0.615. The maximum Gasteiger partial charge on any atom is 0.284 e. The predicted octanol–water partition coefficient (Wildman–Crippen LogP) is 3.99. The van der Waals surface area contributed by atoms with Gasteiger partial charge in [-0.3, -0.25) is 0 Å². The summed E-state index contributed by atoms with van der Waals surface area (Å²) in [5.41, 5.74) is 5.87. The van der Waals surface area contributed by atoms with E-state index in [2.05, 4.69) is 34.5 Å². The second-order valence-corrected chi connectivity index (χ2v) is 7.33. The Kier molecular flexibility index (Phi) is 3.80. The van der Waals surface area contributed by atoms with Crippen molar-refractivity contribution in [2.24, 2.45) is 0 Å². The smallest absolute Gasteiger partial charge is 0.202 e. The molecule has 2 nitrogen and oxygen atoms in total. The number of sulfone groups is 1. The van der Waals surface area contributed by atoms with Crippen LogP contribution in [0.2, 0.25) is 0 Å². The molecule has 0 saturated heterocycles. The summed E-state index contributed by atoms with van der Waals surface area (Å²) >= 11 is 0. The van der Waals surface area contributed by atoms with Crippen molar-refractivity contribution in [2.45, 2.75) is 12.8 Å². The molecule has 3 heteroatoms. The average Bonchev–Trinajstić information content (AvgIpc) is 3.51. The molecule has 0 N–H and O–H groups in total. The zero-order valence-corrected chi connectivity index (χ0v) is 14.2. The first kappa shape index (κ1) is 15.5. The Morgan fingerprint density at radius 2 is 1.08 bits per heavy atom. The van der Waals surface area contributed by atoms with Crippen molar-refractivity contribution in [1.29, 1.82) is 0 Å². The highest BCUT2D eigenvalue weighted by molar-refractivity contribution is 8.00. The molecular formula is C22H14O2S. The van der Waals surface area contributed by atoms with Crippen molar-refractivity contribution >= 4 is 21.0 Å². The summed E-state index contributed by atoms with van der Waals surface area (Å²) in [6.45, 7) is 0. The predicted molar refractivity (Wildman–Crippen MR) is 101 cm³/mol. The quantitative estimate of drug-likeness (QED) is 0.773. The highest BCUT2D eigenvalue weighted by Gasteiger charge is 2.14. The molecule has 0 heterocycles. The van der Waals surface area contributed by atoms with E-state index in [1.165, 1.54) is 11.1 Å². The van der Waals surface area contributed by atoms with E-state index in [1.807, 2.05) is 48.5 Å². The fourth-order valence-corrected chi connectivity index (χ4v) is 3.10. The minimum Gasteiger partial charge on any atom is -0.202 e. The Morgan fingerprint density at radius 3 is 1.48 bits per heavy atom. The second-order valence-electron chi connectivity index (χ2n) is 5.92. The van der Waals surface area contributed by atoms with Gasteiger partial charge in [0.2, 0.25) is 0 Å². The van der Waals surface area contributed by atoms with E-state index < -0.39 is 9.84 Å². The molecule has 25 heavy (non-hydrogen) atoms. The summed E-state index contributed by atoms with van der Waals surface area (Å²) in [4.78, 5) is 0. The molecular weight excluding hydrogens is 328 g/mol. The van der Waals surface area contributed by atoms with Gasteiger partial charge < -0.3 is 0 Å². The molecule has 120 valence electrons. The maximum atomic E-state index is 12.2. The standard InChI is InChI=1S/C22H14O2S/c23-25(24,15-13-17-5-1-3-7-21(17)19-9-10-19)16-14-18-6-2-4-8-22(18)20-11-12-20/h1-9,11H,10,12H2. The summed E-state index contributed by atoms with van der Waals surface area (Å²) in [7, 11) is -3.78. The zero-order valence-electron chi connectivity index (χ0n) is 13.4. The van der Waals surface area contributed by atoms with Crippen molar-refractivity contribution in [2.75, 3.05) is 0 Å². The summed E-state index contributed by atoms with van der Waals surface area (Å²) in [5.74, 6) is 5.54. The van der Waals surface area contributed by atoms with Gasteiger partial charge in [-0.15, -0.1) is 0 Å². The number of allylic oxidation sites excluding steroid dienone is 4. The van der Waals surface area contributed by atoms with Crippen molar-refractivity contribution in [3.63, 3.8) is 0 Å². The third-order valence-corrected chi connectivity index (χ3v) is 4.74. The number of benzene rings is 2. The lowest BCUT2D eigenvalue weighted by Crippen LogP contribution is -1.92. The molecule has 0 radical (unpaired) electrons. The lowest BCUT2D eigenvalue weighted by atomic mass is 10.1. The molecule has 0 unspecified atom stereocenters. The molecule has 0 spiro atoms. The molecule has 2 aliphatic carbocycles. The van der Waals surface area contributed by atoms with Gasteiger partial charge in [-0.1, -0.05) is 48.6 Å². The minimum atomic E-state index is -3.78. The number of hydrogen-bond donors (Lipinski definition) is 0. The van der Waals surface area contributed by atoms with Gasteiger partial charge in [-0.25, -0.2) is 8.42 Å². The number of rotatable bonds is 2. The molecule has 0 atom stereocenters. The Bertz CT molecular complexity index is 1070. The summed E-state index contributed by atoms with van der Waals surface area (Å²) in [6, 6.07) is 15.2. The van der Waals surface area contributed by atoms with E-state index in [4.69, 9.17) is 0 Å². The normalized spacial score (nSPS) is 14.2. The average molecular weight is 342 g/mol. The van der Waals surface area contributed by atoms with Crippen LogP contribution in [0.4, 0.5) is 0 Å². The fourth-order valence-electron chi connectivity index (χ4n) is 2.56. The second kappa shape index (κ2) is 6.13. The van der Waals surface area contributed by atoms with Crippen LogP contribution >= 0.6 is 0 Å². The molecule has 0 bridgehead atoms. The zero-order chi connectivity index (χ0) is 17.3. The molecule has 4 rings (SSSR count). The summed E-state index contributed by atoms with van der Waals surface area (Å²) in [6.07, 6.45) is 6.08. The highest BCUT2D eigenvalue weighted by Crippen LogP contribution is 2.33. The van der Waals surface area contributed by atoms with Crippen LogP contribution in [0.5, 0.6) is 0 Å². The fraction of sp³-hybridized carbons (Fsp3) is 0.0909. The first-order chi connectivity index (χ1) is 12.1. The Balaban J connectivity index is 1.63. The van der Waals surface area contributed by atoms with Crippen LogP contribution in [0.1, 0.15) is 35.1 Å². The minimum absolute atomic E-state index is 0.722. The lowest BCUT2D eigenvalue weighted by Gasteiger charge is -1.98. The highest BCUT2D eigenvalue weighted by atomic mass is 32.2. The molecule has 0 saturated carbocycles. The third-order valence-electron chi connectivity index (χ3n) is 4.00. The first-order valence-electron chi connectivity index (χ1n) is 8.00. The summed E-state index contributed by atoms with van der Waals surface area (Å²) in [5, 5.41) is 4.68. The van der Waals surface area contributed by atoms with Gasteiger partial charge in [-0.05, 0) is 59.1 Å². The van der Waals surface area contributed by atoms with Gasteiger partial charge in [0.05, 0.1) is 0 Å². The van der Waals surface area contributed by atoms with Crippen LogP contribution in [-0.2, 0) is 9.84 Å². The molecule has 2 aromatic carbocycles. The Morgan fingerprint density at radius 1 is 0.680 bits per heavy atom. The first-order valence-corrected chi connectivity index (χ1v) is 9.48. The van der Waals surface area contributed by atoms with Crippen LogP contribution in [0.3, 0.4) is 0 Å². The third kappa shape index (κ3) is 3.74. The summed E-state index contributed by atoms with van der Waals surface area (Å²) < 4.78 is 24.4. The van der Waals surface area contributed by atoms with Crippen molar-refractivity contribution in [3.8, 4) is 22.3 Å². The van der Waals surface area contributed by atoms with Gasteiger partial charge in [-0.2, -0.15) is 0 Å².